The third kappa shape index (κ3) is 4.16. The Morgan fingerprint density at radius 2 is 2.18 bits per heavy atom. The number of nitrogens with zero attached hydrogens (tertiary/aromatic N) is 3. The lowest BCUT2D eigenvalue weighted by Crippen LogP contribution is -2.42. The van der Waals surface area contributed by atoms with E-state index >= 15 is 0 Å². The summed E-state index contributed by atoms with van der Waals surface area (Å²) in [5.41, 5.74) is 6.30. The molecule has 0 spiro atoms. The van der Waals surface area contributed by atoms with E-state index in [-0.39, 0.29) is 0 Å². The first kappa shape index (κ1) is 18.5. The molecular formula is C21H27N7. The van der Waals surface area contributed by atoms with Crippen LogP contribution in [0, 0.1) is 0 Å². The van der Waals surface area contributed by atoms with Crippen LogP contribution in [0.15, 0.2) is 48.7 Å². The molecule has 4 rings (SSSR count). The van der Waals surface area contributed by atoms with Crippen molar-refractivity contribution in [3.05, 3.63) is 54.3 Å². The van der Waals surface area contributed by atoms with Crippen LogP contribution >= 0.6 is 0 Å². The van der Waals surface area contributed by atoms with E-state index in [2.05, 4.69) is 62.4 Å². The Kier molecular flexibility index (Phi) is 5.55. The van der Waals surface area contributed by atoms with Crippen molar-refractivity contribution in [3.63, 3.8) is 0 Å². The van der Waals surface area contributed by atoms with Crippen LogP contribution in [0.1, 0.15) is 12.5 Å². The van der Waals surface area contributed by atoms with E-state index in [9.17, 15) is 0 Å². The summed E-state index contributed by atoms with van der Waals surface area (Å²) in [6.45, 7) is 11.8. The van der Waals surface area contributed by atoms with Gasteiger partial charge in [-0.2, -0.15) is 5.10 Å². The van der Waals surface area contributed by atoms with E-state index in [1.165, 1.54) is 11.1 Å². The van der Waals surface area contributed by atoms with Crippen LogP contribution < -0.4 is 10.6 Å². The molecule has 3 aromatic rings. The quantitative estimate of drug-likeness (QED) is 0.476. The molecule has 3 heterocycles. The molecule has 4 N–H and O–H groups in total. The largest absolute Gasteiger partial charge is 0.378 e. The minimum absolute atomic E-state index is 0.730. The highest BCUT2D eigenvalue weighted by Gasteiger charge is 2.14. The van der Waals surface area contributed by atoms with E-state index in [1.54, 1.807) is 12.3 Å². The molecule has 0 saturated carbocycles. The summed E-state index contributed by atoms with van der Waals surface area (Å²) in [6, 6.07) is 6.46. The zero-order valence-electron chi connectivity index (χ0n) is 16.3. The standard InChI is InChI=1S/C21H27N7/c1-3-4-15(2)12-23-19-13-24-27-20(19)21-25-17-6-5-16(11-18(17)26-21)14-28-9-7-22-8-10-28/h3-6,11,13,22-23H,1,7-10,12,14H2,2H3,(H,24,27)(H,25,26)/b15-4+. The summed E-state index contributed by atoms with van der Waals surface area (Å²) in [6.07, 6.45) is 5.58. The number of benzene rings is 1. The maximum atomic E-state index is 4.75. The maximum Gasteiger partial charge on any atom is 0.158 e. The van der Waals surface area contributed by atoms with Crippen molar-refractivity contribution in [2.24, 2.45) is 0 Å². The summed E-state index contributed by atoms with van der Waals surface area (Å²) in [4.78, 5) is 10.7. The molecular weight excluding hydrogens is 350 g/mol. The van der Waals surface area contributed by atoms with Gasteiger partial charge >= 0.3 is 0 Å². The van der Waals surface area contributed by atoms with Gasteiger partial charge in [0.2, 0.25) is 0 Å². The molecule has 0 bridgehead atoms. The first-order chi connectivity index (χ1) is 13.7. The predicted octanol–water partition coefficient (Wildman–Crippen LogP) is 2.90. The Morgan fingerprint density at radius 1 is 1.32 bits per heavy atom. The summed E-state index contributed by atoms with van der Waals surface area (Å²) in [7, 11) is 0. The van der Waals surface area contributed by atoms with E-state index in [1.807, 2.05) is 6.08 Å². The van der Waals surface area contributed by atoms with Gasteiger partial charge < -0.3 is 15.6 Å². The molecule has 0 unspecified atom stereocenters. The summed E-state index contributed by atoms with van der Waals surface area (Å²) in [5, 5.41) is 14.0. The number of aromatic nitrogens is 4. The molecule has 1 aliphatic rings. The van der Waals surface area contributed by atoms with E-state index in [4.69, 9.17) is 4.98 Å². The second-order valence-electron chi connectivity index (χ2n) is 7.22. The van der Waals surface area contributed by atoms with E-state index < -0.39 is 0 Å². The van der Waals surface area contributed by atoms with Gasteiger partial charge in [-0.05, 0) is 24.6 Å². The average Bonchev–Trinajstić information content (AvgIpc) is 3.33. The van der Waals surface area contributed by atoms with Crippen molar-refractivity contribution in [2.45, 2.75) is 13.5 Å². The van der Waals surface area contributed by atoms with Gasteiger partial charge in [-0.1, -0.05) is 30.4 Å². The zero-order chi connectivity index (χ0) is 19.3. The number of allylic oxidation sites excluding steroid dienone is 2. The molecule has 0 atom stereocenters. The summed E-state index contributed by atoms with van der Waals surface area (Å²) >= 11 is 0. The molecule has 28 heavy (non-hydrogen) atoms. The second-order valence-corrected chi connectivity index (χ2v) is 7.22. The Morgan fingerprint density at radius 3 is 3.00 bits per heavy atom. The number of H-pyrrole nitrogens is 2. The van der Waals surface area contributed by atoms with Gasteiger partial charge in [0.05, 0.1) is 22.9 Å². The van der Waals surface area contributed by atoms with Gasteiger partial charge in [0.25, 0.3) is 0 Å². The highest BCUT2D eigenvalue weighted by molar-refractivity contribution is 5.82. The van der Waals surface area contributed by atoms with Crippen LogP contribution in [-0.4, -0.2) is 57.8 Å². The number of hydrogen-bond donors (Lipinski definition) is 4. The third-order valence-corrected chi connectivity index (χ3v) is 5.00. The van der Waals surface area contributed by atoms with Crippen molar-refractivity contribution in [2.75, 3.05) is 38.0 Å². The van der Waals surface area contributed by atoms with E-state index in [0.717, 1.165) is 67.5 Å². The number of hydrogen-bond acceptors (Lipinski definition) is 5. The number of imidazole rings is 1. The van der Waals surface area contributed by atoms with Crippen molar-refractivity contribution in [1.29, 1.82) is 0 Å². The van der Waals surface area contributed by atoms with Crippen LogP contribution in [0.3, 0.4) is 0 Å². The molecule has 0 radical (unpaired) electrons. The van der Waals surface area contributed by atoms with Crippen LogP contribution in [0.5, 0.6) is 0 Å². The Bertz CT molecular complexity index is 976. The smallest absolute Gasteiger partial charge is 0.158 e. The van der Waals surface area contributed by atoms with Gasteiger partial charge in [0.1, 0.15) is 5.69 Å². The van der Waals surface area contributed by atoms with Crippen LogP contribution in [0.2, 0.25) is 0 Å². The number of anilines is 1. The molecule has 0 aliphatic carbocycles. The molecule has 2 aromatic heterocycles. The molecule has 146 valence electrons. The third-order valence-electron chi connectivity index (χ3n) is 5.00. The number of piperazine rings is 1. The van der Waals surface area contributed by atoms with Crippen LogP contribution in [-0.2, 0) is 6.54 Å². The summed E-state index contributed by atoms with van der Waals surface area (Å²) < 4.78 is 0. The molecule has 1 aromatic carbocycles. The lowest BCUT2D eigenvalue weighted by Gasteiger charge is -2.27. The Balaban J connectivity index is 1.52. The fourth-order valence-corrected chi connectivity index (χ4v) is 3.50. The number of rotatable bonds is 7. The lowest BCUT2D eigenvalue weighted by molar-refractivity contribution is 0.233. The normalized spacial score (nSPS) is 15.8. The van der Waals surface area contributed by atoms with Gasteiger partial charge in [0.15, 0.2) is 5.82 Å². The molecule has 7 nitrogen and oxygen atoms in total. The molecule has 1 aliphatic heterocycles. The van der Waals surface area contributed by atoms with Crippen molar-refractivity contribution in [1.82, 2.24) is 30.4 Å². The SMILES string of the molecule is C=C/C=C(\C)CNc1cn[nH]c1-c1nc2ccc(CN3CCNCC3)cc2[nH]1. The lowest BCUT2D eigenvalue weighted by atomic mass is 10.2. The van der Waals surface area contributed by atoms with Crippen LogP contribution in [0.4, 0.5) is 5.69 Å². The van der Waals surface area contributed by atoms with Gasteiger partial charge in [-0.25, -0.2) is 4.98 Å². The molecule has 1 saturated heterocycles. The predicted molar refractivity (Wildman–Crippen MR) is 114 cm³/mol. The first-order valence-electron chi connectivity index (χ1n) is 9.70. The van der Waals surface area contributed by atoms with Crippen molar-refractivity contribution < 1.29 is 0 Å². The Labute approximate surface area is 164 Å². The Hall–Kier alpha value is -2.90. The van der Waals surface area contributed by atoms with Crippen molar-refractivity contribution >= 4 is 16.7 Å². The van der Waals surface area contributed by atoms with E-state index in [0.29, 0.717) is 0 Å². The van der Waals surface area contributed by atoms with Gasteiger partial charge in [0, 0.05) is 39.3 Å². The topological polar surface area (TPSA) is 84.7 Å². The first-order valence-corrected chi connectivity index (χ1v) is 9.70. The second kappa shape index (κ2) is 8.41. The minimum atomic E-state index is 0.730. The number of fused-ring (bicyclic) bond motifs is 1. The highest BCUT2D eigenvalue weighted by atomic mass is 15.2. The average molecular weight is 377 g/mol. The molecule has 1 fully saturated rings. The van der Waals surface area contributed by atoms with Gasteiger partial charge in [-0.15, -0.1) is 0 Å². The fourth-order valence-electron chi connectivity index (χ4n) is 3.50. The zero-order valence-corrected chi connectivity index (χ0v) is 16.3. The molecule has 0 amide bonds. The minimum Gasteiger partial charge on any atom is -0.378 e. The monoisotopic (exact) mass is 377 g/mol. The summed E-state index contributed by atoms with van der Waals surface area (Å²) in [5.74, 6) is 0.791. The number of aromatic amines is 2. The van der Waals surface area contributed by atoms with Crippen LogP contribution in [0.25, 0.3) is 22.6 Å². The maximum absolute atomic E-state index is 4.75. The molecule has 7 heteroatoms. The number of nitrogens with one attached hydrogen (secondary N) is 4. The van der Waals surface area contributed by atoms with Crippen molar-refractivity contribution in [3.8, 4) is 11.5 Å². The highest BCUT2D eigenvalue weighted by Crippen LogP contribution is 2.26. The fraction of sp³-hybridized carbons (Fsp3) is 0.333. The van der Waals surface area contributed by atoms with Gasteiger partial charge in [-0.3, -0.25) is 10.00 Å².